The number of hydrogen-bond acceptors (Lipinski definition) is 3. The molecule has 5 rings (SSSR count). The molecule has 0 atom stereocenters. The van der Waals surface area contributed by atoms with Crippen LogP contribution in [0.3, 0.4) is 0 Å². The van der Waals surface area contributed by atoms with Crippen molar-refractivity contribution in [2.45, 2.75) is 32.6 Å². The Morgan fingerprint density at radius 2 is 1.81 bits per heavy atom. The number of amides is 1. The second-order valence-electron chi connectivity index (χ2n) is 7.17. The van der Waals surface area contributed by atoms with E-state index in [4.69, 9.17) is 4.98 Å². The van der Waals surface area contributed by atoms with Gasteiger partial charge in [-0.3, -0.25) is 9.89 Å². The smallest absolute Gasteiger partial charge is 0.221 e. The van der Waals surface area contributed by atoms with Crippen molar-refractivity contribution in [3.8, 4) is 11.3 Å². The predicted octanol–water partition coefficient (Wildman–Crippen LogP) is 4.62. The van der Waals surface area contributed by atoms with Gasteiger partial charge in [-0.05, 0) is 61.1 Å². The molecule has 5 heteroatoms. The number of rotatable bonds is 2. The zero-order valence-corrected chi connectivity index (χ0v) is 15.2. The number of aromatic amines is 1. The lowest BCUT2D eigenvalue weighted by molar-refractivity contribution is -0.114. The topological polar surface area (TPSA) is 70.7 Å². The van der Waals surface area contributed by atoms with Crippen LogP contribution in [0, 0.1) is 0 Å². The van der Waals surface area contributed by atoms with Crippen molar-refractivity contribution in [1.82, 2.24) is 15.2 Å². The maximum absolute atomic E-state index is 11.3. The highest BCUT2D eigenvalue weighted by molar-refractivity contribution is 6.07. The van der Waals surface area contributed by atoms with Gasteiger partial charge in [-0.25, -0.2) is 4.98 Å². The maximum Gasteiger partial charge on any atom is 0.221 e. The van der Waals surface area contributed by atoms with Crippen LogP contribution >= 0.6 is 0 Å². The van der Waals surface area contributed by atoms with Crippen molar-refractivity contribution in [3.63, 3.8) is 0 Å². The predicted molar refractivity (Wildman–Crippen MR) is 108 cm³/mol. The molecule has 5 nitrogen and oxygen atoms in total. The summed E-state index contributed by atoms with van der Waals surface area (Å²) >= 11 is 0. The third-order valence-electron chi connectivity index (χ3n) is 5.37. The van der Waals surface area contributed by atoms with Gasteiger partial charge >= 0.3 is 0 Å². The Labute approximate surface area is 156 Å². The van der Waals surface area contributed by atoms with Crippen LogP contribution in [0.25, 0.3) is 33.1 Å². The third-order valence-corrected chi connectivity index (χ3v) is 5.37. The van der Waals surface area contributed by atoms with Crippen molar-refractivity contribution in [2.24, 2.45) is 0 Å². The lowest BCUT2D eigenvalue weighted by Gasteiger charge is -2.22. The van der Waals surface area contributed by atoms with E-state index in [0.717, 1.165) is 46.2 Å². The lowest BCUT2D eigenvalue weighted by Crippen LogP contribution is -2.08. The summed E-state index contributed by atoms with van der Waals surface area (Å²) in [6, 6.07) is 12.1. The van der Waals surface area contributed by atoms with E-state index in [1.165, 1.54) is 36.3 Å². The van der Waals surface area contributed by atoms with Gasteiger partial charge in [0.25, 0.3) is 0 Å². The van der Waals surface area contributed by atoms with E-state index in [1.54, 1.807) is 0 Å². The minimum Gasteiger partial charge on any atom is -0.326 e. The van der Waals surface area contributed by atoms with E-state index in [-0.39, 0.29) is 5.91 Å². The van der Waals surface area contributed by atoms with Gasteiger partial charge in [0.15, 0.2) is 0 Å². The van der Waals surface area contributed by atoms with Gasteiger partial charge in [0.1, 0.15) is 0 Å². The largest absolute Gasteiger partial charge is 0.326 e. The average Bonchev–Trinajstić information content (AvgIpc) is 3.16. The summed E-state index contributed by atoms with van der Waals surface area (Å²) in [4.78, 5) is 16.3. The molecule has 1 amide bonds. The SMILES string of the molecule is CC(=O)Nc1ccc(-c2nc3ccc4[nH]ncc4c3c3c2CCCC3)cc1. The van der Waals surface area contributed by atoms with Gasteiger partial charge in [0.05, 0.1) is 22.9 Å². The number of pyridine rings is 1. The molecule has 2 heterocycles. The van der Waals surface area contributed by atoms with Crippen LogP contribution in [-0.2, 0) is 17.6 Å². The molecule has 2 aromatic carbocycles. The summed E-state index contributed by atoms with van der Waals surface area (Å²) in [6.45, 7) is 1.52. The highest BCUT2D eigenvalue weighted by Gasteiger charge is 2.21. The van der Waals surface area contributed by atoms with Crippen molar-refractivity contribution in [1.29, 1.82) is 0 Å². The monoisotopic (exact) mass is 356 g/mol. The molecule has 134 valence electrons. The first-order valence-corrected chi connectivity index (χ1v) is 9.36. The maximum atomic E-state index is 11.3. The van der Waals surface area contributed by atoms with Gasteiger partial charge in [0.2, 0.25) is 5.91 Å². The second kappa shape index (κ2) is 6.20. The summed E-state index contributed by atoms with van der Waals surface area (Å²) < 4.78 is 0. The van der Waals surface area contributed by atoms with E-state index in [0.29, 0.717) is 0 Å². The Morgan fingerprint density at radius 1 is 1.04 bits per heavy atom. The van der Waals surface area contributed by atoms with Crippen molar-refractivity contribution in [2.75, 3.05) is 5.32 Å². The number of nitrogens with one attached hydrogen (secondary N) is 2. The number of carbonyl (C=O) groups is 1. The number of aromatic nitrogens is 3. The number of anilines is 1. The third kappa shape index (κ3) is 2.67. The zero-order valence-electron chi connectivity index (χ0n) is 15.2. The molecule has 2 N–H and O–H groups in total. The fourth-order valence-corrected chi connectivity index (χ4v) is 4.20. The number of aryl methyl sites for hydroxylation is 1. The molecule has 0 bridgehead atoms. The molecule has 0 aliphatic heterocycles. The highest BCUT2D eigenvalue weighted by Crippen LogP contribution is 2.37. The first kappa shape index (κ1) is 16.0. The highest BCUT2D eigenvalue weighted by atomic mass is 16.1. The first-order chi connectivity index (χ1) is 13.2. The normalized spacial score (nSPS) is 13.7. The summed E-state index contributed by atoms with van der Waals surface area (Å²) in [5, 5.41) is 12.5. The number of nitrogens with zero attached hydrogens (tertiary/aromatic N) is 2. The summed E-state index contributed by atoms with van der Waals surface area (Å²) in [7, 11) is 0. The number of benzene rings is 2. The number of H-pyrrole nitrogens is 1. The zero-order chi connectivity index (χ0) is 18.4. The molecule has 0 spiro atoms. The standard InChI is InChI=1S/C22H20N4O/c1-13(27)24-15-8-6-14(7-9-15)22-17-5-3-2-4-16(17)21-18-12-23-26-19(18)10-11-20(21)25-22/h6-12H,2-5H2,1H3,(H,23,26)(H,24,27). The quantitative estimate of drug-likeness (QED) is 0.551. The van der Waals surface area contributed by atoms with Gasteiger partial charge in [-0.1, -0.05) is 12.1 Å². The molecule has 0 radical (unpaired) electrons. The Bertz CT molecular complexity index is 1170. The van der Waals surface area contributed by atoms with Crippen LogP contribution in [0.2, 0.25) is 0 Å². The molecule has 0 fully saturated rings. The minimum atomic E-state index is -0.0620. The van der Waals surface area contributed by atoms with Crippen molar-refractivity contribution in [3.05, 3.63) is 53.7 Å². The van der Waals surface area contributed by atoms with E-state index in [9.17, 15) is 4.79 Å². The number of carbonyl (C=O) groups excluding carboxylic acids is 1. The molecule has 27 heavy (non-hydrogen) atoms. The second-order valence-corrected chi connectivity index (χ2v) is 7.17. The molecular formula is C22H20N4O. The van der Waals surface area contributed by atoms with Crippen molar-refractivity contribution >= 4 is 33.4 Å². The molecule has 4 aromatic rings. The molecule has 0 saturated heterocycles. The fraction of sp³-hybridized carbons (Fsp3) is 0.227. The Balaban J connectivity index is 1.73. The Hall–Kier alpha value is -3.21. The van der Waals surface area contributed by atoms with E-state index in [2.05, 4.69) is 27.6 Å². The lowest BCUT2D eigenvalue weighted by atomic mass is 9.85. The summed E-state index contributed by atoms with van der Waals surface area (Å²) in [5.41, 5.74) is 7.82. The number of hydrogen-bond donors (Lipinski definition) is 2. The Kier molecular flexibility index (Phi) is 3.67. The average molecular weight is 356 g/mol. The van der Waals surface area contributed by atoms with Gasteiger partial charge in [-0.2, -0.15) is 5.10 Å². The molecule has 0 saturated carbocycles. The fourth-order valence-electron chi connectivity index (χ4n) is 4.20. The van der Waals surface area contributed by atoms with E-state index >= 15 is 0 Å². The van der Waals surface area contributed by atoms with Crippen LogP contribution in [0.5, 0.6) is 0 Å². The first-order valence-electron chi connectivity index (χ1n) is 9.36. The molecule has 2 aromatic heterocycles. The Morgan fingerprint density at radius 3 is 2.59 bits per heavy atom. The van der Waals surface area contributed by atoms with Crippen LogP contribution in [0.1, 0.15) is 30.9 Å². The van der Waals surface area contributed by atoms with Crippen LogP contribution in [0.4, 0.5) is 5.69 Å². The molecule has 1 aliphatic carbocycles. The summed E-state index contributed by atoms with van der Waals surface area (Å²) in [5.74, 6) is -0.0620. The van der Waals surface area contributed by atoms with Crippen LogP contribution in [0.15, 0.2) is 42.6 Å². The van der Waals surface area contributed by atoms with Crippen molar-refractivity contribution < 1.29 is 4.79 Å². The summed E-state index contributed by atoms with van der Waals surface area (Å²) in [6.07, 6.45) is 6.45. The van der Waals surface area contributed by atoms with E-state index in [1.807, 2.05) is 30.5 Å². The van der Waals surface area contributed by atoms with Gasteiger partial charge in [0, 0.05) is 28.9 Å². The minimum absolute atomic E-state index is 0.0620. The van der Waals surface area contributed by atoms with Gasteiger partial charge < -0.3 is 5.32 Å². The molecule has 0 unspecified atom stereocenters. The van der Waals surface area contributed by atoms with Gasteiger partial charge in [-0.15, -0.1) is 0 Å². The molecular weight excluding hydrogens is 336 g/mol. The van der Waals surface area contributed by atoms with E-state index < -0.39 is 0 Å². The van der Waals surface area contributed by atoms with Crippen LogP contribution in [-0.4, -0.2) is 21.1 Å². The molecule has 1 aliphatic rings. The van der Waals surface area contributed by atoms with Crippen LogP contribution < -0.4 is 5.32 Å². The number of fused-ring (bicyclic) bond motifs is 5.